The maximum absolute atomic E-state index is 13.6. The third kappa shape index (κ3) is 22.7. The zero-order valence-electron chi connectivity index (χ0n) is 53.4. The normalized spacial score (nSPS) is 12.4. The number of hydrogen-bond acceptors (Lipinski definition) is 16. The maximum Gasteiger partial charge on any atom is 0.328 e. The van der Waals surface area contributed by atoms with Crippen molar-refractivity contribution in [3.05, 3.63) is 182 Å². The Morgan fingerprint density at radius 1 is 0.340 bits per heavy atom. The smallest absolute Gasteiger partial charge is 0.328 e. The lowest BCUT2D eigenvalue weighted by molar-refractivity contribution is -0.146. The van der Waals surface area contributed by atoms with Crippen LogP contribution in [0, 0.1) is 0 Å². The third-order valence-corrected chi connectivity index (χ3v) is 27.0. The van der Waals surface area contributed by atoms with Crippen LogP contribution in [0.15, 0.2) is 182 Å². The summed E-state index contributed by atoms with van der Waals surface area (Å²) in [6.45, 7) is -1.06. The fourth-order valence-electron chi connectivity index (χ4n) is 10.7. The van der Waals surface area contributed by atoms with E-state index >= 15 is 0 Å². The molecule has 0 radical (unpaired) electrons. The van der Waals surface area contributed by atoms with Gasteiger partial charge in [0.05, 0.1) is 40.8 Å². The first-order chi connectivity index (χ1) is 45.6. The molecule has 0 spiro atoms. The molecule has 0 bridgehead atoms. The molecule has 0 aliphatic heterocycles. The minimum absolute atomic E-state index is 0.0909. The molecule has 20 nitrogen and oxygen atoms in total. The molecule has 6 rings (SSSR count). The first-order valence-electron chi connectivity index (χ1n) is 30.9. The van der Waals surface area contributed by atoms with E-state index in [1.54, 1.807) is 0 Å². The number of ether oxygens (including phenoxy) is 4. The van der Waals surface area contributed by atoms with E-state index in [0.29, 0.717) is 25.7 Å². The number of carbonyl (C=O) groups excluding carboxylic acids is 10. The maximum atomic E-state index is 13.6. The number of carbonyl (C=O) groups is 10. The number of rotatable bonds is 39. The van der Waals surface area contributed by atoms with E-state index < -0.39 is 111 Å². The first-order valence-corrected chi connectivity index (χ1v) is 37.4. The molecule has 0 fully saturated rings. The predicted molar refractivity (Wildman–Crippen MR) is 373 cm³/mol. The van der Waals surface area contributed by atoms with E-state index in [4.69, 9.17) is 9.47 Å². The summed E-state index contributed by atoms with van der Waals surface area (Å²) in [5.41, 5.74) is 0. The molecule has 0 saturated carbocycles. The highest BCUT2D eigenvalue weighted by atomic mass is 33.1. The molecular formula is C70H84N6O14P2S2+2. The van der Waals surface area contributed by atoms with Gasteiger partial charge in [-0.15, -0.1) is 0 Å². The Bertz CT molecular complexity index is 2990. The van der Waals surface area contributed by atoms with E-state index in [-0.39, 0.29) is 50.0 Å². The highest BCUT2D eigenvalue weighted by molar-refractivity contribution is 8.76. The Hall–Kier alpha value is -8.42. The van der Waals surface area contributed by atoms with Crippen LogP contribution in [-0.2, 0) is 66.9 Å². The van der Waals surface area contributed by atoms with Gasteiger partial charge >= 0.3 is 23.9 Å². The summed E-state index contributed by atoms with van der Waals surface area (Å²) in [7, 11) is 2.36. The lowest BCUT2D eigenvalue weighted by Crippen LogP contribution is -2.50. The van der Waals surface area contributed by atoms with E-state index in [1.165, 1.54) is 46.0 Å². The second-order valence-corrected chi connectivity index (χ2v) is 31.5. The third-order valence-electron chi connectivity index (χ3n) is 15.6. The average Bonchev–Trinajstić information content (AvgIpc) is 0.810. The molecule has 4 unspecified atom stereocenters. The SMILES string of the molecule is COC(=O)CNC(=O)C(CSSCC(NC(=O)CCC(NC(=O)CCCC[P+](c1ccccc1)(c1ccccc1)c1ccccc1)C(=O)OC)C(=O)NCC(=O)OC)NC(=O)CCC(NC(=O)CCCC[P+](c1ccccc1)(c1ccccc1)c1ccccc1)C(=O)OC. The van der Waals surface area contributed by atoms with E-state index in [2.05, 4.69) is 114 Å². The lowest BCUT2D eigenvalue weighted by Gasteiger charge is -2.27. The quantitative estimate of drug-likeness (QED) is 0.00961. The van der Waals surface area contributed by atoms with Gasteiger partial charge in [0.2, 0.25) is 35.4 Å². The summed E-state index contributed by atoms with van der Waals surface area (Å²) in [4.78, 5) is 132. The zero-order chi connectivity index (χ0) is 67.6. The summed E-state index contributed by atoms with van der Waals surface area (Å²) >= 11 is 0. The van der Waals surface area contributed by atoms with Crippen LogP contribution in [0.2, 0.25) is 0 Å². The van der Waals surface area contributed by atoms with Crippen LogP contribution in [0.4, 0.5) is 0 Å². The van der Waals surface area contributed by atoms with Gasteiger partial charge in [-0.25, -0.2) is 9.59 Å². The van der Waals surface area contributed by atoms with Crippen LogP contribution in [-0.4, -0.2) is 149 Å². The van der Waals surface area contributed by atoms with E-state index in [1.807, 2.05) is 109 Å². The van der Waals surface area contributed by atoms with Crippen LogP contribution in [0.25, 0.3) is 0 Å². The summed E-state index contributed by atoms with van der Waals surface area (Å²) < 4.78 is 19.4. The Labute approximate surface area is 558 Å². The van der Waals surface area contributed by atoms with Gasteiger partial charge in [0.15, 0.2) is 0 Å². The average molecular weight is 1360 g/mol. The van der Waals surface area contributed by atoms with Gasteiger partial charge in [-0.1, -0.05) is 131 Å². The molecular weight excluding hydrogens is 1270 g/mol. The highest BCUT2D eigenvalue weighted by Gasteiger charge is 2.46. The largest absolute Gasteiger partial charge is 0.468 e. The summed E-state index contributed by atoms with van der Waals surface area (Å²) in [6, 6.07) is 57.3. The van der Waals surface area contributed by atoms with Crippen LogP contribution in [0.1, 0.15) is 64.2 Å². The molecule has 0 saturated heterocycles. The van der Waals surface area contributed by atoms with Crippen molar-refractivity contribution in [1.82, 2.24) is 31.9 Å². The minimum atomic E-state index is -2.15. The van der Waals surface area contributed by atoms with Gasteiger partial charge in [0.25, 0.3) is 0 Å². The van der Waals surface area contributed by atoms with Crippen LogP contribution in [0.3, 0.4) is 0 Å². The molecule has 6 amide bonds. The van der Waals surface area contributed by atoms with Crippen molar-refractivity contribution < 1.29 is 66.9 Å². The number of unbranched alkanes of at least 4 members (excludes halogenated alkanes) is 2. The summed E-state index contributed by atoms with van der Waals surface area (Å²) in [5, 5.41) is 22.9. The Morgan fingerprint density at radius 2 is 0.596 bits per heavy atom. The molecule has 0 aromatic heterocycles. The number of esters is 4. The predicted octanol–water partition coefficient (Wildman–Crippen LogP) is 5.12. The lowest BCUT2D eigenvalue weighted by atomic mass is 10.1. The van der Waals surface area contributed by atoms with E-state index in [0.717, 1.165) is 48.1 Å². The molecule has 0 aliphatic carbocycles. The number of amides is 6. The number of benzene rings is 6. The van der Waals surface area contributed by atoms with Crippen molar-refractivity contribution in [3.63, 3.8) is 0 Å². The van der Waals surface area contributed by atoms with Crippen molar-refractivity contribution >= 4 is 127 Å². The second kappa shape index (κ2) is 40.0. The van der Waals surface area contributed by atoms with E-state index in [9.17, 15) is 47.9 Å². The highest BCUT2D eigenvalue weighted by Crippen LogP contribution is 2.57. The molecule has 6 N–H and O–H groups in total. The van der Waals surface area contributed by atoms with Crippen molar-refractivity contribution in [3.8, 4) is 0 Å². The molecule has 4 atom stereocenters. The molecule has 6 aromatic carbocycles. The van der Waals surface area contributed by atoms with Gasteiger partial charge in [0.1, 0.15) is 83.6 Å². The molecule has 6 aromatic rings. The van der Waals surface area contributed by atoms with Crippen molar-refractivity contribution in [2.75, 3.05) is 65.4 Å². The van der Waals surface area contributed by atoms with Gasteiger partial charge in [-0.3, -0.25) is 38.4 Å². The minimum Gasteiger partial charge on any atom is -0.468 e. The molecule has 24 heteroatoms. The second-order valence-electron chi connectivity index (χ2n) is 21.8. The number of nitrogens with one attached hydrogen (secondary N) is 6. The van der Waals surface area contributed by atoms with Gasteiger partial charge in [-0.2, -0.15) is 0 Å². The molecule has 0 heterocycles. The number of methoxy groups -OCH3 is 4. The van der Waals surface area contributed by atoms with Gasteiger partial charge in [-0.05, 0) is 111 Å². The fourth-order valence-corrected chi connectivity index (χ4v) is 21.9. The number of hydrogen-bond donors (Lipinski definition) is 6. The van der Waals surface area contributed by atoms with Gasteiger partial charge < -0.3 is 50.8 Å². The Kier molecular flexibility index (Phi) is 31.7. The van der Waals surface area contributed by atoms with Crippen LogP contribution < -0.4 is 63.7 Å². The molecule has 94 heavy (non-hydrogen) atoms. The Morgan fingerprint density at radius 3 is 0.851 bits per heavy atom. The van der Waals surface area contributed by atoms with Crippen molar-refractivity contribution in [1.29, 1.82) is 0 Å². The molecule has 498 valence electrons. The van der Waals surface area contributed by atoms with Crippen molar-refractivity contribution in [2.24, 2.45) is 0 Å². The standard InChI is InChI=1S/C70H82N6O14P2S2/c1-87-65(81)47-71-67(83)59(75-63(79)43-41-57(69(85)89-3)73-61(77)39-23-25-45-91(51-27-11-5-12-28-51,52-29-13-6-14-30-52)53-31-15-7-16-32-53)49-93-94-50-60(68(84)72-48-66(82)88-2)76-64(80)44-42-58(70(86)90-4)74-62(78)40-24-26-46-92(54-33-17-8-18-34-54,55-35-19-9-20-36-55)56-37-21-10-22-38-56/h5-22,27-38,57-60H,23-26,39-50H2,1-4H3,(H4-2,71,72,73,74,75,76,77,78,79,80,83,84)/p+2. The van der Waals surface area contributed by atoms with Crippen LogP contribution >= 0.6 is 36.1 Å². The fraction of sp³-hybridized carbons (Fsp3) is 0.343. The first kappa shape index (κ1) is 74.6. The summed E-state index contributed by atoms with van der Waals surface area (Å²) in [6.07, 6.45) is 3.06. The molecule has 0 aliphatic rings. The topological polar surface area (TPSA) is 280 Å². The zero-order valence-corrected chi connectivity index (χ0v) is 56.8. The van der Waals surface area contributed by atoms with Gasteiger partial charge in [0, 0.05) is 37.2 Å². The van der Waals surface area contributed by atoms with Crippen LogP contribution in [0.5, 0.6) is 0 Å². The van der Waals surface area contributed by atoms with Crippen molar-refractivity contribution in [2.45, 2.75) is 88.4 Å². The monoisotopic (exact) mass is 1360 g/mol. The summed E-state index contributed by atoms with van der Waals surface area (Å²) in [5.74, 6) is -7.11. The Balaban J connectivity index is 1.03.